The van der Waals surface area contributed by atoms with Crippen LogP contribution in [0.4, 0.5) is 0 Å². The van der Waals surface area contributed by atoms with E-state index in [0.29, 0.717) is 5.92 Å². The van der Waals surface area contributed by atoms with Crippen LogP contribution in [-0.4, -0.2) is 11.7 Å². The highest BCUT2D eigenvalue weighted by atomic mass is 79.9. The van der Waals surface area contributed by atoms with Crippen LogP contribution in [0.15, 0.2) is 34.8 Å². The Labute approximate surface area is 92.6 Å². The van der Waals surface area contributed by atoms with Crippen molar-refractivity contribution >= 4 is 21.5 Å². The van der Waals surface area contributed by atoms with Crippen LogP contribution in [-0.2, 0) is 0 Å². The lowest BCUT2D eigenvalue weighted by Gasteiger charge is -2.12. The molecule has 1 aromatic rings. The van der Waals surface area contributed by atoms with Crippen molar-refractivity contribution in [2.75, 3.05) is 6.61 Å². The van der Waals surface area contributed by atoms with Crippen molar-refractivity contribution in [3.63, 3.8) is 0 Å². The summed E-state index contributed by atoms with van der Waals surface area (Å²) in [4.78, 5) is 0. The monoisotopic (exact) mass is 252 g/mol. The van der Waals surface area contributed by atoms with Gasteiger partial charge in [-0.15, -0.1) is 0 Å². The predicted molar refractivity (Wildman–Crippen MR) is 61.9 cm³/mol. The van der Waals surface area contributed by atoms with Crippen LogP contribution in [0.1, 0.15) is 18.4 Å². The van der Waals surface area contributed by atoms with Crippen molar-refractivity contribution < 1.29 is 5.11 Å². The van der Waals surface area contributed by atoms with Gasteiger partial charge in [0.2, 0.25) is 0 Å². The molecule has 74 valence electrons. The number of benzene rings is 1. The molecule has 1 aliphatic carbocycles. The van der Waals surface area contributed by atoms with Gasteiger partial charge in [0.15, 0.2) is 0 Å². The Kier molecular flexibility index (Phi) is 3.04. The Balaban J connectivity index is 2.30. The van der Waals surface area contributed by atoms with Crippen molar-refractivity contribution in [2.45, 2.75) is 12.8 Å². The average molecular weight is 253 g/mol. The van der Waals surface area contributed by atoms with Crippen molar-refractivity contribution in [1.82, 2.24) is 0 Å². The van der Waals surface area contributed by atoms with Crippen LogP contribution in [0.25, 0.3) is 5.57 Å². The standard InChI is InChI=1S/C12H13BrO/c13-11-5-1-3-9(7-11)12-6-2-4-10(12)8-14/h1,3,5-7,10,14H,2,4,8H2. The SMILES string of the molecule is OCC1CCC=C1c1cccc(Br)c1. The molecule has 1 unspecified atom stereocenters. The highest BCUT2D eigenvalue weighted by molar-refractivity contribution is 9.10. The molecule has 1 nitrogen and oxygen atoms in total. The van der Waals surface area contributed by atoms with E-state index in [1.165, 1.54) is 11.1 Å². The van der Waals surface area contributed by atoms with Gasteiger partial charge in [-0.25, -0.2) is 0 Å². The van der Waals surface area contributed by atoms with Crippen LogP contribution in [0.5, 0.6) is 0 Å². The third-order valence-electron chi connectivity index (χ3n) is 2.70. The summed E-state index contributed by atoms with van der Waals surface area (Å²) in [6.45, 7) is 0.262. The van der Waals surface area contributed by atoms with E-state index in [4.69, 9.17) is 0 Å². The van der Waals surface area contributed by atoms with Gasteiger partial charge >= 0.3 is 0 Å². The summed E-state index contributed by atoms with van der Waals surface area (Å²) in [7, 11) is 0. The molecule has 0 heterocycles. The van der Waals surface area contributed by atoms with E-state index in [2.05, 4.69) is 34.1 Å². The zero-order valence-corrected chi connectivity index (χ0v) is 9.50. The van der Waals surface area contributed by atoms with Crippen LogP contribution in [0.3, 0.4) is 0 Å². The van der Waals surface area contributed by atoms with Crippen molar-refractivity contribution in [1.29, 1.82) is 0 Å². The Hall–Kier alpha value is -0.600. The van der Waals surface area contributed by atoms with E-state index in [-0.39, 0.29) is 6.61 Å². The van der Waals surface area contributed by atoms with Crippen LogP contribution in [0, 0.1) is 5.92 Å². The summed E-state index contributed by atoms with van der Waals surface area (Å²) < 4.78 is 1.10. The molecule has 1 N–H and O–H groups in total. The van der Waals surface area contributed by atoms with E-state index in [9.17, 15) is 5.11 Å². The van der Waals surface area contributed by atoms with Gasteiger partial charge in [-0.05, 0) is 36.1 Å². The lowest BCUT2D eigenvalue weighted by atomic mass is 9.96. The highest BCUT2D eigenvalue weighted by Gasteiger charge is 2.19. The fraction of sp³-hybridized carbons (Fsp3) is 0.333. The fourth-order valence-corrected chi connectivity index (χ4v) is 2.37. The number of rotatable bonds is 2. The summed E-state index contributed by atoms with van der Waals surface area (Å²) in [6, 6.07) is 8.27. The van der Waals surface area contributed by atoms with E-state index in [1.54, 1.807) is 0 Å². The Morgan fingerprint density at radius 1 is 1.43 bits per heavy atom. The molecule has 1 atom stereocenters. The Bertz CT molecular complexity index is 357. The molecule has 0 fully saturated rings. The van der Waals surface area contributed by atoms with Gasteiger partial charge < -0.3 is 5.11 Å². The van der Waals surface area contributed by atoms with E-state index < -0.39 is 0 Å². The van der Waals surface area contributed by atoms with Gasteiger partial charge in [0, 0.05) is 17.0 Å². The lowest BCUT2D eigenvalue weighted by Crippen LogP contribution is -2.03. The fourth-order valence-electron chi connectivity index (χ4n) is 1.97. The Morgan fingerprint density at radius 2 is 2.29 bits per heavy atom. The maximum atomic E-state index is 9.21. The van der Waals surface area contributed by atoms with Gasteiger partial charge in [-0.1, -0.05) is 34.1 Å². The topological polar surface area (TPSA) is 20.2 Å². The number of hydrogen-bond donors (Lipinski definition) is 1. The quantitative estimate of drug-likeness (QED) is 0.857. The number of aliphatic hydroxyl groups is 1. The van der Waals surface area contributed by atoms with E-state index in [0.717, 1.165) is 17.3 Å². The van der Waals surface area contributed by atoms with Gasteiger partial charge in [0.05, 0.1) is 0 Å². The van der Waals surface area contributed by atoms with Crippen LogP contribution < -0.4 is 0 Å². The number of halogens is 1. The summed E-state index contributed by atoms with van der Waals surface area (Å²) in [5.41, 5.74) is 2.53. The molecule has 0 radical (unpaired) electrons. The second kappa shape index (κ2) is 4.28. The normalized spacial score (nSPS) is 21.0. The van der Waals surface area contributed by atoms with Gasteiger partial charge in [-0.2, -0.15) is 0 Å². The van der Waals surface area contributed by atoms with Crippen molar-refractivity contribution in [3.8, 4) is 0 Å². The van der Waals surface area contributed by atoms with Crippen LogP contribution in [0.2, 0.25) is 0 Å². The van der Waals surface area contributed by atoms with E-state index >= 15 is 0 Å². The minimum absolute atomic E-state index is 0.262. The molecule has 0 spiro atoms. The summed E-state index contributed by atoms with van der Waals surface area (Å²) in [6.07, 6.45) is 4.41. The first-order valence-corrected chi connectivity index (χ1v) is 5.67. The maximum Gasteiger partial charge on any atom is 0.0499 e. The second-order valence-corrected chi connectivity index (χ2v) is 4.54. The summed E-state index contributed by atoms with van der Waals surface area (Å²) >= 11 is 3.46. The molecule has 0 aliphatic heterocycles. The molecule has 0 saturated carbocycles. The van der Waals surface area contributed by atoms with Crippen molar-refractivity contribution in [2.24, 2.45) is 5.92 Å². The molecule has 0 aromatic heterocycles. The first-order chi connectivity index (χ1) is 6.81. The molecule has 0 bridgehead atoms. The molecule has 1 aromatic carbocycles. The summed E-state index contributed by atoms with van der Waals surface area (Å²) in [5, 5.41) is 9.21. The predicted octanol–water partition coefficient (Wildman–Crippen LogP) is 3.23. The minimum Gasteiger partial charge on any atom is -0.396 e. The highest BCUT2D eigenvalue weighted by Crippen LogP contribution is 2.34. The zero-order chi connectivity index (χ0) is 9.97. The lowest BCUT2D eigenvalue weighted by molar-refractivity contribution is 0.255. The number of allylic oxidation sites excluding steroid dienone is 1. The maximum absolute atomic E-state index is 9.21. The minimum atomic E-state index is 0.262. The molecule has 0 saturated heterocycles. The molecule has 1 aliphatic rings. The summed E-state index contributed by atoms with van der Waals surface area (Å²) in [5.74, 6) is 0.337. The molecular weight excluding hydrogens is 240 g/mol. The molecular formula is C12H13BrO. The largest absolute Gasteiger partial charge is 0.396 e. The average Bonchev–Trinajstić information content (AvgIpc) is 2.65. The molecule has 2 rings (SSSR count). The second-order valence-electron chi connectivity index (χ2n) is 3.63. The van der Waals surface area contributed by atoms with E-state index in [1.807, 2.05) is 12.1 Å². The number of hydrogen-bond acceptors (Lipinski definition) is 1. The first-order valence-electron chi connectivity index (χ1n) is 4.88. The third kappa shape index (κ3) is 1.91. The zero-order valence-electron chi connectivity index (χ0n) is 7.91. The van der Waals surface area contributed by atoms with Crippen molar-refractivity contribution in [3.05, 3.63) is 40.4 Å². The van der Waals surface area contributed by atoms with Gasteiger partial charge in [0.1, 0.15) is 0 Å². The van der Waals surface area contributed by atoms with Crippen LogP contribution >= 0.6 is 15.9 Å². The first kappa shape index (κ1) is 9.94. The smallest absolute Gasteiger partial charge is 0.0499 e. The molecule has 0 amide bonds. The molecule has 2 heteroatoms. The van der Waals surface area contributed by atoms with Gasteiger partial charge in [-0.3, -0.25) is 0 Å². The Morgan fingerprint density at radius 3 is 3.00 bits per heavy atom. The van der Waals surface area contributed by atoms with Gasteiger partial charge in [0.25, 0.3) is 0 Å². The molecule has 14 heavy (non-hydrogen) atoms. The number of aliphatic hydroxyl groups excluding tert-OH is 1. The third-order valence-corrected chi connectivity index (χ3v) is 3.19.